The van der Waals surface area contributed by atoms with Gasteiger partial charge >= 0.3 is 0 Å². The normalized spacial score (nSPS) is 20.4. The van der Waals surface area contributed by atoms with Crippen molar-refractivity contribution in [3.8, 4) is 0 Å². The average molecular weight is 175 g/mol. The summed E-state index contributed by atoms with van der Waals surface area (Å²) in [5.41, 5.74) is 8.66. The zero-order valence-electron chi connectivity index (χ0n) is 8.22. The van der Waals surface area contributed by atoms with Crippen molar-refractivity contribution in [2.24, 2.45) is 0 Å². The molecule has 0 aromatic heterocycles. The van der Waals surface area contributed by atoms with E-state index in [4.69, 9.17) is 5.73 Å². The lowest BCUT2D eigenvalue weighted by molar-refractivity contribution is 0.493. The lowest BCUT2D eigenvalue weighted by atomic mass is 9.80. The monoisotopic (exact) mass is 175 g/mol. The number of para-hydroxylation sites is 1. The summed E-state index contributed by atoms with van der Waals surface area (Å²) in [6, 6.07) is 8.30. The molecule has 1 aromatic rings. The van der Waals surface area contributed by atoms with E-state index in [2.05, 4.69) is 19.1 Å². The molecule has 0 saturated heterocycles. The lowest BCUT2D eigenvalue weighted by Gasteiger charge is -2.25. The Morgan fingerprint density at radius 1 is 1.15 bits per heavy atom. The molecule has 2 N–H and O–H groups in total. The van der Waals surface area contributed by atoms with E-state index in [1.54, 1.807) is 0 Å². The van der Waals surface area contributed by atoms with E-state index in [0.29, 0.717) is 5.41 Å². The molecule has 0 aliphatic heterocycles. The highest BCUT2D eigenvalue weighted by Gasteiger charge is 2.31. The third-order valence-corrected chi connectivity index (χ3v) is 3.32. The molecule has 0 radical (unpaired) electrons. The molecular formula is C12H17N. The quantitative estimate of drug-likeness (QED) is 0.652. The van der Waals surface area contributed by atoms with Gasteiger partial charge in [0.05, 0.1) is 0 Å². The molecule has 0 bridgehead atoms. The standard InChI is InChI=1S/C12H17N/c1-12(8-4-5-9-12)10-6-2-3-7-11(10)13/h2-3,6-7H,4-5,8-9,13H2,1H3. The van der Waals surface area contributed by atoms with Crippen molar-refractivity contribution < 1.29 is 0 Å². The topological polar surface area (TPSA) is 26.0 Å². The van der Waals surface area contributed by atoms with Gasteiger partial charge in [-0.15, -0.1) is 0 Å². The van der Waals surface area contributed by atoms with Gasteiger partial charge in [0.2, 0.25) is 0 Å². The Morgan fingerprint density at radius 2 is 1.77 bits per heavy atom. The van der Waals surface area contributed by atoms with Crippen LogP contribution in [0, 0.1) is 0 Å². The smallest absolute Gasteiger partial charge is 0.0352 e. The number of rotatable bonds is 1. The third kappa shape index (κ3) is 1.43. The van der Waals surface area contributed by atoms with E-state index < -0.39 is 0 Å². The van der Waals surface area contributed by atoms with Crippen molar-refractivity contribution in [3.63, 3.8) is 0 Å². The van der Waals surface area contributed by atoms with Crippen LogP contribution in [0.25, 0.3) is 0 Å². The van der Waals surface area contributed by atoms with Gasteiger partial charge in [0.15, 0.2) is 0 Å². The van der Waals surface area contributed by atoms with Crippen LogP contribution in [-0.2, 0) is 5.41 Å². The molecule has 1 aliphatic rings. The van der Waals surface area contributed by atoms with Crippen molar-refractivity contribution in [1.82, 2.24) is 0 Å². The fraction of sp³-hybridized carbons (Fsp3) is 0.500. The number of hydrogen-bond acceptors (Lipinski definition) is 1. The van der Waals surface area contributed by atoms with E-state index in [1.165, 1.54) is 31.2 Å². The van der Waals surface area contributed by atoms with E-state index in [0.717, 1.165) is 5.69 Å². The second-order valence-electron chi connectivity index (χ2n) is 4.36. The maximum Gasteiger partial charge on any atom is 0.0352 e. The fourth-order valence-electron chi connectivity index (χ4n) is 2.47. The molecule has 13 heavy (non-hydrogen) atoms. The molecule has 0 heterocycles. The second-order valence-corrected chi connectivity index (χ2v) is 4.36. The summed E-state index contributed by atoms with van der Waals surface area (Å²) in [6.07, 6.45) is 5.29. The van der Waals surface area contributed by atoms with Crippen molar-refractivity contribution >= 4 is 5.69 Å². The number of benzene rings is 1. The summed E-state index contributed by atoms with van der Waals surface area (Å²) in [4.78, 5) is 0. The Morgan fingerprint density at radius 3 is 2.38 bits per heavy atom. The summed E-state index contributed by atoms with van der Waals surface area (Å²) in [5, 5.41) is 0. The first-order valence-electron chi connectivity index (χ1n) is 5.07. The van der Waals surface area contributed by atoms with Gasteiger partial charge in [-0.1, -0.05) is 38.0 Å². The Balaban J connectivity index is 2.39. The minimum atomic E-state index is 0.353. The molecule has 0 unspecified atom stereocenters. The summed E-state index contributed by atoms with van der Waals surface area (Å²) >= 11 is 0. The van der Waals surface area contributed by atoms with Crippen LogP contribution in [0.4, 0.5) is 5.69 Å². The summed E-state index contributed by atoms with van der Waals surface area (Å²) in [5.74, 6) is 0. The van der Waals surface area contributed by atoms with Gasteiger partial charge in [0.1, 0.15) is 0 Å². The number of anilines is 1. The number of nitrogens with two attached hydrogens (primary N) is 1. The lowest BCUT2D eigenvalue weighted by Crippen LogP contribution is -2.18. The Bertz CT molecular complexity index is 298. The van der Waals surface area contributed by atoms with Crippen molar-refractivity contribution in [2.45, 2.75) is 38.0 Å². The van der Waals surface area contributed by atoms with Gasteiger partial charge in [-0.05, 0) is 29.9 Å². The number of hydrogen-bond donors (Lipinski definition) is 1. The fourth-order valence-corrected chi connectivity index (χ4v) is 2.47. The summed E-state index contributed by atoms with van der Waals surface area (Å²) < 4.78 is 0. The van der Waals surface area contributed by atoms with Crippen molar-refractivity contribution in [2.75, 3.05) is 5.73 Å². The molecule has 1 aliphatic carbocycles. The van der Waals surface area contributed by atoms with Crippen LogP contribution < -0.4 is 5.73 Å². The molecular weight excluding hydrogens is 158 g/mol. The molecule has 1 aromatic carbocycles. The highest BCUT2D eigenvalue weighted by molar-refractivity contribution is 5.50. The molecule has 0 spiro atoms. The van der Waals surface area contributed by atoms with Crippen LogP contribution in [0.3, 0.4) is 0 Å². The first kappa shape index (κ1) is 8.61. The molecule has 70 valence electrons. The molecule has 1 nitrogen and oxygen atoms in total. The molecule has 0 amide bonds. The zero-order chi connectivity index (χ0) is 9.31. The SMILES string of the molecule is CC1(c2ccccc2N)CCCC1. The second kappa shape index (κ2) is 3.06. The van der Waals surface area contributed by atoms with Crippen LogP contribution in [0.5, 0.6) is 0 Å². The Labute approximate surface area is 80.0 Å². The highest BCUT2D eigenvalue weighted by atomic mass is 14.6. The van der Waals surface area contributed by atoms with Gasteiger partial charge in [-0.25, -0.2) is 0 Å². The van der Waals surface area contributed by atoms with Crippen LogP contribution >= 0.6 is 0 Å². The van der Waals surface area contributed by atoms with E-state index in [-0.39, 0.29) is 0 Å². The van der Waals surface area contributed by atoms with Crippen LogP contribution in [0.2, 0.25) is 0 Å². The van der Waals surface area contributed by atoms with Crippen LogP contribution in [-0.4, -0.2) is 0 Å². The van der Waals surface area contributed by atoms with Crippen LogP contribution in [0.15, 0.2) is 24.3 Å². The van der Waals surface area contributed by atoms with Gasteiger partial charge in [-0.3, -0.25) is 0 Å². The predicted octanol–water partition coefficient (Wildman–Crippen LogP) is 3.10. The van der Waals surface area contributed by atoms with E-state index in [1.807, 2.05) is 12.1 Å². The van der Waals surface area contributed by atoms with Crippen molar-refractivity contribution in [3.05, 3.63) is 29.8 Å². The number of nitrogen functional groups attached to an aromatic ring is 1. The van der Waals surface area contributed by atoms with E-state index >= 15 is 0 Å². The first-order chi connectivity index (χ1) is 6.22. The molecule has 1 saturated carbocycles. The predicted molar refractivity (Wildman–Crippen MR) is 56.7 cm³/mol. The van der Waals surface area contributed by atoms with Crippen molar-refractivity contribution in [1.29, 1.82) is 0 Å². The molecule has 2 rings (SSSR count). The van der Waals surface area contributed by atoms with E-state index in [9.17, 15) is 0 Å². The molecule has 1 heteroatoms. The maximum atomic E-state index is 5.99. The Hall–Kier alpha value is -0.980. The molecule has 1 fully saturated rings. The third-order valence-electron chi connectivity index (χ3n) is 3.32. The average Bonchev–Trinajstić information content (AvgIpc) is 2.54. The Kier molecular flexibility index (Phi) is 2.03. The highest BCUT2D eigenvalue weighted by Crippen LogP contribution is 2.42. The van der Waals surface area contributed by atoms with Gasteiger partial charge in [-0.2, -0.15) is 0 Å². The zero-order valence-corrected chi connectivity index (χ0v) is 8.22. The van der Waals surface area contributed by atoms with Gasteiger partial charge in [0.25, 0.3) is 0 Å². The minimum Gasteiger partial charge on any atom is -0.398 e. The first-order valence-corrected chi connectivity index (χ1v) is 5.07. The summed E-state index contributed by atoms with van der Waals surface area (Å²) in [6.45, 7) is 2.34. The van der Waals surface area contributed by atoms with Gasteiger partial charge in [0, 0.05) is 5.69 Å². The maximum absolute atomic E-state index is 5.99. The van der Waals surface area contributed by atoms with Gasteiger partial charge < -0.3 is 5.73 Å². The molecule has 0 atom stereocenters. The largest absolute Gasteiger partial charge is 0.398 e. The van der Waals surface area contributed by atoms with Crippen LogP contribution in [0.1, 0.15) is 38.2 Å². The minimum absolute atomic E-state index is 0.353. The summed E-state index contributed by atoms with van der Waals surface area (Å²) in [7, 11) is 0.